The van der Waals surface area contributed by atoms with Crippen molar-refractivity contribution >= 4 is 26.0 Å². The fourth-order valence-corrected chi connectivity index (χ4v) is 0. The van der Waals surface area contributed by atoms with E-state index in [-0.39, 0.29) is 39.6 Å². The Kier molecular flexibility index (Phi) is 3290. The first kappa shape index (κ1) is 180. The SMILES string of the molecule is C.N.[B].[Ge]. The van der Waals surface area contributed by atoms with Gasteiger partial charge in [0, 0.05) is 26.0 Å². The average molecular weight is 116 g/mol. The first-order valence-electron chi connectivity index (χ1n) is 0. The maximum atomic E-state index is 0. The molecule has 0 unspecified atom stereocenters. The summed E-state index contributed by atoms with van der Waals surface area (Å²) in [5.41, 5.74) is 0. The molecule has 4 heavy (non-hydrogen) atoms. The van der Waals surface area contributed by atoms with E-state index in [0.717, 1.165) is 0 Å². The molecule has 0 aromatic rings. The maximum Gasteiger partial charge on any atom is 0 e. The Labute approximate surface area is 40.3 Å². The first-order chi connectivity index (χ1) is 0. The van der Waals surface area contributed by atoms with Crippen LogP contribution in [0.25, 0.3) is 0 Å². The molecule has 0 heterocycles. The third-order valence-electron chi connectivity index (χ3n) is 0. The molecule has 0 atom stereocenters. The zero-order valence-corrected chi connectivity index (χ0v) is 3.88. The van der Waals surface area contributed by atoms with Crippen molar-refractivity contribution in [1.82, 2.24) is 6.15 Å². The van der Waals surface area contributed by atoms with Crippen LogP contribution in [0.4, 0.5) is 0 Å². The van der Waals surface area contributed by atoms with Gasteiger partial charge in [-0.2, -0.15) is 0 Å². The van der Waals surface area contributed by atoms with Crippen LogP contribution in [0.1, 0.15) is 7.43 Å². The van der Waals surface area contributed by atoms with Crippen molar-refractivity contribution in [2.75, 3.05) is 0 Å². The summed E-state index contributed by atoms with van der Waals surface area (Å²) in [4.78, 5) is 0. The quantitative estimate of drug-likeness (QED) is 0.446. The fraction of sp³-hybridized carbons (Fsp3) is 1.00. The van der Waals surface area contributed by atoms with Crippen LogP contribution in [-0.4, -0.2) is 26.0 Å². The van der Waals surface area contributed by atoms with Gasteiger partial charge in [-0.25, -0.2) is 0 Å². The molecule has 0 aliphatic carbocycles. The molecule has 3 N–H and O–H groups in total. The van der Waals surface area contributed by atoms with E-state index < -0.39 is 0 Å². The molecule has 0 saturated carbocycles. The van der Waals surface area contributed by atoms with E-state index in [2.05, 4.69) is 0 Å². The summed E-state index contributed by atoms with van der Waals surface area (Å²) in [5.74, 6) is 0. The molecule has 0 aromatic heterocycles. The van der Waals surface area contributed by atoms with E-state index in [4.69, 9.17) is 0 Å². The summed E-state index contributed by atoms with van der Waals surface area (Å²) in [7, 11) is 0. The van der Waals surface area contributed by atoms with Crippen molar-refractivity contribution < 1.29 is 0 Å². The van der Waals surface area contributed by atoms with Crippen molar-refractivity contribution in [3.63, 3.8) is 0 Å². The summed E-state index contributed by atoms with van der Waals surface area (Å²) < 4.78 is 0. The van der Waals surface area contributed by atoms with Crippen LogP contribution in [0.3, 0.4) is 0 Å². The normalized spacial score (nSPS) is 0. The molecule has 0 aliphatic rings. The van der Waals surface area contributed by atoms with E-state index in [1.54, 1.807) is 0 Å². The minimum Gasteiger partial charge on any atom is -0.344 e. The standard InChI is InChI=1S/CH4.B.Ge.H3N/h1H4;;;1H3. The third-order valence-corrected chi connectivity index (χ3v) is 0. The second-order valence-electron chi connectivity index (χ2n) is 0. The van der Waals surface area contributed by atoms with Gasteiger partial charge in [-0.1, -0.05) is 7.43 Å². The van der Waals surface area contributed by atoms with Gasteiger partial charge < -0.3 is 6.15 Å². The first-order valence-corrected chi connectivity index (χ1v) is 0. The Balaban J connectivity index is 0. The van der Waals surface area contributed by atoms with Gasteiger partial charge in [0.15, 0.2) is 0 Å². The van der Waals surface area contributed by atoms with E-state index in [0.29, 0.717) is 0 Å². The van der Waals surface area contributed by atoms with E-state index in [9.17, 15) is 0 Å². The molecule has 1 nitrogen and oxygen atoms in total. The predicted molar refractivity (Wildman–Crippen MR) is 23.3 cm³/mol. The minimum atomic E-state index is 0. The van der Waals surface area contributed by atoms with E-state index >= 15 is 0 Å². The Morgan fingerprint density at radius 2 is 1.00 bits per heavy atom. The van der Waals surface area contributed by atoms with Crippen molar-refractivity contribution in [1.29, 1.82) is 0 Å². The van der Waals surface area contributed by atoms with Crippen LogP contribution in [0.15, 0.2) is 0 Å². The zero-order chi connectivity index (χ0) is 0. The van der Waals surface area contributed by atoms with Crippen LogP contribution in [0.5, 0.6) is 0 Å². The van der Waals surface area contributed by atoms with Crippen molar-refractivity contribution in [3.8, 4) is 0 Å². The number of hydrogen-bond donors (Lipinski definition) is 1. The maximum absolute atomic E-state index is 0. The fourth-order valence-electron chi connectivity index (χ4n) is 0. The molecular weight excluding hydrogens is 109 g/mol. The molecule has 0 rings (SSSR count). The minimum absolute atomic E-state index is 0. The largest absolute Gasteiger partial charge is 0.344 e. The summed E-state index contributed by atoms with van der Waals surface area (Å²) in [5, 5.41) is 0. The number of hydrogen-bond acceptors (Lipinski definition) is 1. The number of rotatable bonds is 0. The second kappa shape index (κ2) is 73.0. The Morgan fingerprint density at radius 1 is 1.00 bits per heavy atom. The molecule has 0 fully saturated rings. The zero-order valence-electron chi connectivity index (χ0n) is 1.78. The molecule has 3 heteroatoms. The summed E-state index contributed by atoms with van der Waals surface area (Å²) >= 11 is 0. The summed E-state index contributed by atoms with van der Waals surface area (Å²) in [6.07, 6.45) is 0. The third kappa shape index (κ3) is 19.6. The van der Waals surface area contributed by atoms with Crippen LogP contribution in [-0.2, 0) is 0 Å². The predicted octanol–water partition coefficient (Wildman–Crippen LogP) is 0.0365. The topological polar surface area (TPSA) is 35.0 Å². The molecule has 0 spiro atoms. The van der Waals surface area contributed by atoms with Gasteiger partial charge in [0.05, 0.1) is 0 Å². The van der Waals surface area contributed by atoms with Gasteiger partial charge in [0.1, 0.15) is 0 Å². The monoisotopic (exact) mass is 118 g/mol. The van der Waals surface area contributed by atoms with Gasteiger partial charge in [0.25, 0.3) is 0 Å². The van der Waals surface area contributed by atoms with Gasteiger partial charge in [0.2, 0.25) is 0 Å². The molecule has 7 radical (unpaired) electrons. The van der Waals surface area contributed by atoms with Gasteiger partial charge in [-0.3, -0.25) is 0 Å². The van der Waals surface area contributed by atoms with E-state index in [1.807, 2.05) is 0 Å². The smallest absolute Gasteiger partial charge is 0 e. The molecule has 0 aromatic carbocycles. The van der Waals surface area contributed by atoms with Gasteiger partial charge >= 0.3 is 0 Å². The van der Waals surface area contributed by atoms with Crippen molar-refractivity contribution in [2.24, 2.45) is 0 Å². The summed E-state index contributed by atoms with van der Waals surface area (Å²) in [6.45, 7) is 0. The van der Waals surface area contributed by atoms with Crippen molar-refractivity contribution in [2.45, 2.75) is 7.43 Å². The molecule has 0 amide bonds. The molecule has 0 bridgehead atoms. The Hall–Kier alpha value is 0.568. The van der Waals surface area contributed by atoms with Crippen molar-refractivity contribution in [3.05, 3.63) is 0 Å². The molecular formula is CH7BGeN. The van der Waals surface area contributed by atoms with Crippen LogP contribution in [0.2, 0.25) is 0 Å². The molecule has 23 valence electrons. The Morgan fingerprint density at radius 3 is 1.00 bits per heavy atom. The van der Waals surface area contributed by atoms with Crippen LogP contribution in [0, 0.1) is 0 Å². The average Bonchev–Trinajstić information content (AvgIpc) is 0. The second-order valence-corrected chi connectivity index (χ2v) is 0. The van der Waals surface area contributed by atoms with Gasteiger partial charge in [-0.15, -0.1) is 0 Å². The van der Waals surface area contributed by atoms with Crippen LogP contribution >= 0.6 is 0 Å². The summed E-state index contributed by atoms with van der Waals surface area (Å²) in [6, 6.07) is 0. The van der Waals surface area contributed by atoms with E-state index in [1.165, 1.54) is 0 Å². The Bertz CT molecular complexity index is 8.00. The molecule has 0 saturated heterocycles. The molecule has 0 aliphatic heterocycles. The van der Waals surface area contributed by atoms with Crippen LogP contribution < -0.4 is 6.15 Å². The van der Waals surface area contributed by atoms with Gasteiger partial charge in [-0.05, 0) is 0 Å².